The monoisotopic (exact) mass is 352 g/mol. The molecular weight excluding hydrogens is 335 g/mol. The highest BCUT2D eigenvalue weighted by atomic mass is 19.1. The van der Waals surface area contributed by atoms with E-state index >= 15 is 0 Å². The number of primary amides is 1. The van der Waals surface area contributed by atoms with Crippen molar-refractivity contribution < 1.29 is 28.3 Å². The van der Waals surface area contributed by atoms with Gasteiger partial charge in [0.15, 0.2) is 6.04 Å². The van der Waals surface area contributed by atoms with Gasteiger partial charge in [-0.1, -0.05) is 0 Å². The topological polar surface area (TPSA) is 131 Å². The summed E-state index contributed by atoms with van der Waals surface area (Å²) in [6.45, 7) is 1.50. The van der Waals surface area contributed by atoms with Crippen LogP contribution in [0.25, 0.3) is 0 Å². The molecule has 25 heavy (non-hydrogen) atoms. The number of anilines is 2. The van der Waals surface area contributed by atoms with E-state index in [4.69, 9.17) is 10.5 Å². The van der Waals surface area contributed by atoms with Crippen LogP contribution < -0.4 is 21.3 Å². The van der Waals surface area contributed by atoms with Crippen molar-refractivity contribution in [2.45, 2.75) is 13.0 Å². The maximum atomic E-state index is 14.3. The molecule has 134 valence electrons. The molecule has 1 saturated heterocycles. The normalized spacial score (nSPS) is 15.4. The minimum absolute atomic E-state index is 0.0450. The highest BCUT2D eigenvalue weighted by Crippen LogP contribution is 2.24. The van der Waals surface area contributed by atoms with Crippen LogP contribution in [0, 0.1) is 5.82 Å². The SMILES string of the molecule is CC(=O)N[C@H](C(N)=O)C(=O)Nc1ccc(N2CCOCC2=O)c(F)c1. The molecule has 0 aliphatic carbocycles. The summed E-state index contributed by atoms with van der Waals surface area (Å²) in [6.07, 6.45) is 0. The first-order valence-electron chi connectivity index (χ1n) is 7.34. The zero-order valence-electron chi connectivity index (χ0n) is 13.4. The Morgan fingerprint density at radius 1 is 1.36 bits per heavy atom. The Morgan fingerprint density at radius 2 is 2.08 bits per heavy atom. The molecule has 0 spiro atoms. The van der Waals surface area contributed by atoms with Crippen LogP contribution in [0.2, 0.25) is 0 Å². The molecule has 1 aromatic carbocycles. The van der Waals surface area contributed by atoms with Crippen molar-refractivity contribution in [3.05, 3.63) is 24.0 Å². The highest BCUT2D eigenvalue weighted by Gasteiger charge is 2.26. The molecular formula is C15H17FN4O5. The summed E-state index contributed by atoms with van der Waals surface area (Å²) in [6, 6.07) is 2.11. The molecule has 1 heterocycles. The van der Waals surface area contributed by atoms with Crippen LogP contribution in [0.3, 0.4) is 0 Å². The van der Waals surface area contributed by atoms with E-state index in [0.29, 0.717) is 6.61 Å². The predicted molar refractivity (Wildman–Crippen MR) is 85.0 cm³/mol. The predicted octanol–water partition coefficient (Wildman–Crippen LogP) is -0.883. The Hall–Kier alpha value is -3.01. The number of nitrogens with zero attached hydrogens (tertiary/aromatic N) is 1. The van der Waals surface area contributed by atoms with E-state index in [1.165, 1.54) is 17.0 Å². The first-order chi connectivity index (χ1) is 11.8. The fourth-order valence-electron chi connectivity index (χ4n) is 2.26. The Morgan fingerprint density at radius 3 is 2.64 bits per heavy atom. The van der Waals surface area contributed by atoms with Crippen LogP contribution in [-0.2, 0) is 23.9 Å². The van der Waals surface area contributed by atoms with Gasteiger partial charge in [0, 0.05) is 19.2 Å². The fourth-order valence-corrected chi connectivity index (χ4v) is 2.26. The molecule has 1 fully saturated rings. The lowest BCUT2D eigenvalue weighted by molar-refractivity contribution is -0.132. The largest absolute Gasteiger partial charge is 0.370 e. The lowest BCUT2D eigenvalue weighted by Crippen LogP contribution is -2.51. The van der Waals surface area contributed by atoms with Crippen molar-refractivity contribution in [1.82, 2.24) is 5.32 Å². The molecule has 4 N–H and O–H groups in total. The van der Waals surface area contributed by atoms with E-state index in [0.717, 1.165) is 13.0 Å². The van der Waals surface area contributed by atoms with Gasteiger partial charge in [0.05, 0.1) is 12.3 Å². The highest BCUT2D eigenvalue weighted by molar-refractivity contribution is 6.11. The number of benzene rings is 1. The third kappa shape index (κ3) is 4.51. The number of ether oxygens (including phenoxy) is 1. The first kappa shape index (κ1) is 18.3. The second-order valence-electron chi connectivity index (χ2n) is 5.29. The molecule has 1 aromatic rings. The van der Waals surface area contributed by atoms with Crippen LogP contribution in [0.15, 0.2) is 18.2 Å². The van der Waals surface area contributed by atoms with Gasteiger partial charge in [-0.3, -0.25) is 19.2 Å². The maximum absolute atomic E-state index is 14.3. The van der Waals surface area contributed by atoms with Gasteiger partial charge < -0.3 is 26.0 Å². The van der Waals surface area contributed by atoms with Crippen molar-refractivity contribution >= 4 is 35.0 Å². The Balaban J connectivity index is 2.14. The average Bonchev–Trinajstić information content (AvgIpc) is 2.53. The third-order valence-electron chi connectivity index (χ3n) is 3.39. The van der Waals surface area contributed by atoms with E-state index in [9.17, 15) is 23.6 Å². The molecule has 0 aromatic heterocycles. The van der Waals surface area contributed by atoms with E-state index in [2.05, 4.69) is 10.6 Å². The standard InChI is InChI=1S/C15H17FN4O5/c1-8(21)18-13(14(17)23)15(24)19-9-2-3-11(10(16)6-9)20-4-5-25-7-12(20)22/h2-3,6,13H,4-5,7H2,1H3,(H2,17,23)(H,18,21)(H,19,24)/t13-/m1/s1. The van der Waals surface area contributed by atoms with Crippen molar-refractivity contribution in [2.75, 3.05) is 30.0 Å². The summed E-state index contributed by atoms with van der Waals surface area (Å²) < 4.78 is 19.3. The summed E-state index contributed by atoms with van der Waals surface area (Å²) in [4.78, 5) is 47.3. The number of amides is 4. The molecule has 0 saturated carbocycles. The number of hydrogen-bond acceptors (Lipinski definition) is 5. The summed E-state index contributed by atoms with van der Waals surface area (Å²) in [5.74, 6) is -3.68. The first-order valence-corrected chi connectivity index (χ1v) is 7.34. The van der Waals surface area contributed by atoms with E-state index < -0.39 is 29.6 Å². The lowest BCUT2D eigenvalue weighted by Gasteiger charge is -2.27. The number of rotatable bonds is 5. The van der Waals surface area contributed by atoms with Gasteiger partial charge in [0.1, 0.15) is 12.4 Å². The molecule has 10 heteroatoms. The average molecular weight is 352 g/mol. The van der Waals surface area contributed by atoms with Gasteiger partial charge in [0.25, 0.3) is 11.8 Å². The molecule has 9 nitrogen and oxygen atoms in total. The van der Waals surface area contributed by atoms with Gasteiger partial charge in [-0.25, -0.2) is 4.39 Å². The van der Waals surface area contributed by atoms with Crippen LogP contribution in [0.1, 0.15) is 6.92 Å². The van der Waals surface area contributed by atoms with Crippen LogP contribution in [-0.4, -0.2) is 49.4 Å². The molecule has 1 atom stereocenters. The van der Waals surface area contributed by atoms with E-state index in [1.807, 2.05) is 0 Å². The summed E-state index contributed by atoms with van der Waals surface area (Å²) in [5, 5.41) is 4.39. The molecule has 1 aliphatic heterocycles. The number of halogens is 1. The maximum Gasteiger partial charge on any atom is 0.256 e. The second-order valence-corrected chi connectivity index (χ2v) is 5.29. The molecule has 1 aliphatic rings. The van der Waals surface area contributed by atoms with E-state index in [1.54, 1.807) is 0 Å². The Kier molecular flexibility index (Phi) is 5.65. The van der Waals surface area contributed by atoms with Gasteiger partial charge in [-0.2, -0.15) is 0 Å². The summed E-state index contributed by atoms with van der Waals surface area (Å²) in [5.41, 5.74) is 5.16. The van der Waals surface area contributed by atoms with Crippen molar-refractivity contribution in [3.8, 4) is 0 Å². The Bertz CT molecular complexity index is 724. The van der Waals surface area contributed by atoms with Crippen LogP contribution >= 0.6 is 0 Å². The fraction of sp³-hybridized carbons (Fsp3) is 0.333. The van der Waals surface area contributed by atoms with Crippen molar-refractivity contribution in [1.29, 1.82) is 0 Å². The number of hydrogen-bond donors (Lipinski definition) is 3. The molecule has 4 amide bonds. The lowest BCUT2D eigenvalue weighted by atomic mass is 10.2. The number of morpholine rings is 1. The van der Waals surface area contributed by atoms with Gasteiger partial charge in [-0.05, 0) is 18.2 Å². The van der Waals surface area contributed by atoms with Gasteiger partial charge in [0.2, 0.25) is 11.8 Å². The van der Waals surface area contributed by atoms with Crippen LogP contribution in [0.4, 0.5) is 15.8 Å². The molecule has 0 unspecified atom stereocenters. The number of carbonyl (C=O) groups excluding carboxylic acids is 4. The quantitative estimate of drug-likeness (QED) is 0.592. The zero-order valence-corrected chi connectivity index (χ0v) is 13.4. The molecule has 2 rings (SSSR count). The third-order valence-corrected chi connectivity index (χ3v) is 3.39. The number of carbonyl (C=O) groups is 4. The van der Waals surface area contributed by atoms with Crippen molar-refractivity contribution in [2.24, 2.45) is 5.73 Å². The van der Waals surface area contributed by atoms with Gasteiger partial charge in [-0.15, -0.1) is 0 Å². The number of nitrogens with one attached hydrogen (secondary N) is 2. The smallest absolute Gasteiger partial charge is 0.256 e. The summed E-state index contributed by atoms with van der Waals surface area (Å²) >= 11 is 0. The minimum atomic E-state index is -1.58. The molecule has 0 radical (unpaired) electrons. The van der Waals surface area contributed by atoms with Gasteiger partial charge >= 0.3 is 0 Å². The van der Waals surface area contributed by atoms with E-state index in [-0.39, 0.29) is 30.4 Å². The molecule has 0 bridgehead atoms. The summed E-state index contributed by atoms with van der Waals surface area (Å²) in [7, 11) is 0. The van der Waals surface area contributed by atoms with Crippen molar-refractivity contribution in [3.63, 3.8) is 0 Å². The zero-order chi connectivity index (χ0) is 18.6. The second kappa shape index (κ2) is 7.71. The minimum Gasteiger partial charge on any atom is -0.370 e. The number of nitrogens with two attached hydrogens (primary N) is 1. The Labute approximate surface area is 142 Å². The van der Waals surface area contributed by atoms with Crippen LogP contribution in [0.5, 0.6) is 0 Å².